The lowest BCUT2D eigenvalue weighted by molar-refractivity contribution is -0.276. The number of hydrogen-bond donors (Lipinski definition) is 2. The summed E-state index contributed by atoms with van der Waals surface area (Å²) in [6.07, 6.45) is 6.54. The third kappa shape index (κ3) is 3.08. The molecule has 0 amide bonds. The number of allylic oxidation sites excluding steroid dienone is 3. The number of methoxy groups -OCH3 is 1. The molecule has 0 bridgehead atoms. The Morgan fingerprint density at radius 3 is 2.96 bits per heavy atom. The van der Waals surface area contributed by atoms with Gasteiger partial charge in [-0.2, -0.15) is 0 Å². The third-order valence-electron chi connectivity index (χ3n) is 5.14. The van der Waals surface area contributed by atoms with Crippen LogP contribution in [-0.4, -0.2) is 65.5 Å². The second-order valence-corrected chi connectivity index (χ2v) is 6.54. The SMILES string of the molecule is CCC1(O)CC(CO)OC(OC)C1N1OC1C1=CC=CCC1C=O. The van der Waals surface area contributed by atoms with Crippen molar-refractivity contribution in [2.45, 2.75) is 56.5 Å². The summed E-state index contributed by atoms with van der Waals surface area (Å²) in [5, 5.41) is 22.2. The van der Waals surface area contributed by atoms with Crippen LogP contribution in [0.25, 0.3) is 0 Å². The van der Waals surface area contributed by atoms with Crippen molar-refractivity contribution in [1.82, 2.24) is 5.06 Å². The van der Waals surface area contributed by atoms with Gasteiger partial charge in [0.1, 0.15) is 12.3 Å². The lowest BCUT2D eigenvalue weighted by Crippen LogP contribution is -2.61. The Bertz CT molecular complexity index is 535. The molecule has 7 heteroatoms. The molecule has 24 heavy (non-hydrogen) atoms. The first-order chi connectivity index (χ1) is 11.6. The number of aliphatic hydroxyl groups is 2. The molecule has 2 fully saturated rings. The van der Waals surface area contributed by atoms with Crippen molar-refractivity contribution < 1.29 is 29.3 Å². The molecule has 0 spiro atoms. The molecule has 2 saturated heterocycles. The molecule has 0 saturated carbocycles. The van der Waals surface area contributed by atoms with Gasteiger partial charge >= 0.3 is 0 Å². The van der Waals surface area contributed by atoms with E-state index in [1.54, 1.807) is 5.06 Å². The summed E-state index contributed by atoms with van der Waals surface area (Å²) in [6.45, 7) is 1.71. The van der Waals surface area contributed by atoms with Gasteiger partial charge in [0.2, 0.25) is 0 Å². The van der Waals surface area contributed by atoms with Gasteiger partial charge in [0, 0.05) is 19.4 Å². The molecule has 7 nitrogen and oxygen atoms in total. The highest BCUT2D eigenvalue weighted by atomic mass is 16.8. The van der Waals surface area contributed by atoms with Crippen LogP contribution in [0.15, 0.2) is 23.8 Å². The monoisotopic (exact) mass is 339 g/mol. The zero-order chi connectivity index (χ0) is 17.3. The van der Waals surface area contributed by atoms with E-state index in [-0.39, 0.29) is 18.8 Å². The van der Waals surface area contributed by atoms with Crippen molar-refractivity contribution in [3.63, 3.8) is 0 Å². The van der Waals surface area contributed by atoms with Crippen LogP contribution in [0.4, 0.5) is 0 Å². The molecule has 3 aliphatic rings. The van der Waals surface area contributed by atoms with Crippen molar-refractivity contribution in [3.05, 3.63) is 23.8 Å². The van der Waals surface area contributed by atoms with E-state index in [2.05, 4.69) is 0 Å². The number of rotatable bonds is 6. The van der Waals surface area contributed by atoms with Crippen molar-refractivity contribution in [2.75, 3.05) is 13.7 Å². The zero-order valence-corrected chi connectivity index (χ0v) is 14.0. The Kier molecular flexibility index (Phi) is 5.19. The van der Waals surface area contributed by atoms with Gasteiger partial charge in [-0.05, 0) is 18.4 Å². The summed E-state index contributed by atoms with van der Waals surface area (Å²) < 4.78 is 11.1. The molecule has 0 aromatic heterocycles. The van der Waals surface area contributed by atoms with Crippen molar-refractivity contribution >= 4 is 6.29 Å². The van der Waals surface area contributed by atoms with E-state index in [1.807, 2.05) is 25.2 Å². The third-order valence-corrected chi connectivity index (χ3v) is 5.14. The summed E-state index contributed by atoms with van der Waals surface area (Å²) in [5.41, 5.74) is -0.229. The minimum atomic E-state index is -1.11. The Hall–Kier alpha value is -1.09. The molecule has 7 atom stereocenters. The summed E-state index contributed by atoms with van der Waals surface area (Å²) in [5.74, 6) is -0.213. The number of hydrogen-bond acceptors (Lipinski definition) is 7. The van der Waals surface area contributed by atoms with Crippen LogP contribution in [0.3, 0.4) is 0 Å². The first kappa shape index (κ1) is 17.7. The van der Waals surface area contributed by atoms with E-state index in [9.17, 15) is 15.0 Å². The molecule has 3 rings (SSSR count). The Morgan fingerprint density at radius 2 is 2.33 bits per heavy atom. The minimum absolute atomic E-state index is 0.178. The first-order valence-corrected chi connectivity index (χ1v) is 8.36. The summed E-state index contributed by atoms with van der Waals surface area (Å²) in [4.78, 5) is 17.0. The minimum Gasteiger partial charge on any atom is -0.394 e. The predicted octanol–water partition coefficient (Wildman–Crippen LogP) is 0.524. The van der Waals surface area contributed by atoms with Crippen LogP contribution < -0.4 is 0 Å². The molecule has 134 valence electrons. The van der Waals surface area contributed by atoms with E-state index < -0.39 is 24.0 Å². The molecule has 2 heterocycles. The first-order valence-electron chi connectivity index (χ1n) is 8.36. The van der Waals surface area contributed by atoms with Gasteiger partial charge in [0.25, 0.3) is 0 Å². The van der Waals surface area contributed by atoms with E-state index in [0.29, 0.717) is 19.3 Å². The number of aldehydes is 1. The highest BCUT2D eigenvalue weighted by molar-refractivity contribution is 5.61. The zero-order valence-electron chi connectivity index (χ0n) is 14.0. The van der Waals surface area contributed by atoms with Crippen LogP contribution in [0, 0.1) is 5.92 Å². The van der Waals surface area contributed by atoms with Crippen molar-refractivity contribution in [3.8, 4) is 0 Å². The Balaban J connectivity index is 1.81. The van der Waals surface area contributed by atoms with Gasteiger partial charge in [-0.3, -0.25) is 4.84 Å². The number of carbonyl (C=O) groups excluding carboxylic acids is 1. The Morgan fingerprint density at radius 1 is 1.54 bits per heavy atom. The predicted molar refractivity (Wildman–Crippen MR) is 84.5 cm³/mol. The average Bonchev–Trinajstić information content (AvgIpc) is 3.40. The number of ether oxygens (including phenoxy) is 2. The van der Waals surface area contributed by atoms with E-state index in [0.717, 1.165) is 11.9 Å². The maximum Gasteiger partial charge on any atom is 0.178 e. The van der Waals surface area contributed by atoms with Crippen LogP contribution in [0.2, 0.25) is 0 Å². The summed E-state index contributed by atoms with van der Waals surface area (Å²) in [6, 6.07) is -0.528. The van der Waals surface area contributed by atoms with Crippen molar-refractivity contribution in [1.29, 1.82) is 0 Å². The molecule has 0 aromatic rings. The summed E-state index contributed by atoms with van der Waals surface area (Å²) >= 11 is 0. The molecule has 2 aliphatic heterocycles. The maximum atomic E-state index is 11.3. The largest absolute Gasteiger partial charge is 0.394 e. The smallest absolute Gasteiger partial charge is 0.178 e. The second kappa shape index (κ2) is 7.03. The molecular weight excluding hydrogens is 314 g/mol. The van der Waals surface area contributed by atoms with Gasteiger partial charge in [-0.1, -0.05) is 25.2 Å². The fourth-order valence-corrected chi connectivity index (χ4v) is 3.65. The highest BCUT2D eigenvalue weighted by Gasteiger charge is 2.59. The molecule has 7 unspecified atom stereocenters. The molecule has 0 aromatic carbocycles. The van der Waals surface area contributed by atoms with Crippen LogP contribution in [0.1, 0.15) is 26.2 Å². The maximum absolute atomic E-state index is 11.3. The van der Waals surface area contributed by atoms with Crippen LogP contribution in [0.5, 0.6) is 0 Å². The number of aliphatic hydroxyl groups excluding tert-OH is 1. The van der Waals surface area contributed by atoms with Gasteiger partial charge in [-0.15, -0.1) is 5.06 Å². The lowest BCUT2D eigenvalue weighted by Gasteiger charge is -2.45. The lowest BCUT2D eigenvalue weighted by atomic mass is 9.82. The molecule has 1 aliphatic carbocycles. The van der Waals surface area contributed by atoms with Crippen LogP contribution in [-0.2, 0) is 19.1 Å². The topological polar surface area (TPSA) is 91.5 Å². The molecule has 0 radical (unpaired) electrons. The summed E-state index contributed by atoms with van der Waals surface area (Å²) in [7, 11) is 1.50. The van der Waals surface area contributed by atoms with Crippen LogP contribution >= 0.6 is 0 Å². The number of carbonyl (C=O) groups is 1. The Labute approximate surface area is 141 Å². The van der Waals surface area contributed by atoms with E-state index in [4.69, 9.17) is 14.3 Å². The number of nitrogens with zero attached hydrogens (tertiary/aromatic N) is 1. The fraction of sp³-hybridized carbons (Fsp3) is 0.706. The fourth-order valence-electron chi connectivity index (χ4n) is 3.65. The highest BCUT2D eigenvalue weighted by Crippen LogP contribution is 2.44. The van der Waals surface area contributed by atoms with E-state index in [1.165, 1.54) is 7.11 Å². The van der Waals surface area contributed by atoms with E-state index >= 15 is 0 Å². The second-order valence-electron chi connectivity index (χ2n) is 6.54. The van der Waals surface area contributed by atoms with Gasteiger partial charge in [-0.25, -0.2) is 0 Å². The van der Waals surface area contributed by atoms with Gasteiger partial charge in [0.15, 0.2) is 12.5 Å². The number of hydroxylamine groups is 2. The van der Waals surface area contributed by atoms with Crippen molar-refractivity contribution in [2.24, 2.45) is 5.92 Å². The standard InChI is InChI=1S/C17H25NO6/c1-3-17(21)8-12(10-20)23-16(22-2)14(17)18-15(24-18)13-7-5-4-6-11(13)9-19/h4-5,7,9,11-12,14-16,20-21H,3,6,8,10H2,1-2H3. The molecular formula is C17H25NO6. The van der Waals surface area contributed by atoms with Gasteiger partial charge in [0.05, 0.1) is 18.3 Å². The quantitative estimate of drug-likeness (QED) is 0.538. The normalized spacial score (nSPS) is 44.9. The average molecular weight is 339 g/mol. The molecule has 2 N–H and O–H groups in total. The van der Waals surface area contributed by atoms with Gasteiger partial charge < -0.3 is 24.5 Å².